The Balaban J connectivity index is 1.56. The Hall–Kier alpha value is -1.38. The van der Waals surface area contributed by atoms with E-state index in [1.807, 2.05) is 0 Å². The Morgan fingerprint density at radius 2 is 1.74 bits per heavy atom. The van der Waals surface area contributed by atoms with Gasteiger partial charge >= 0.3 is 0 Å². The summed E-state index contributed by atoms with van der Waals surface area (Å²) in [5.74, 6) is 6.05. The molecule has 148 valence electrons. The van der Waals surface area contributed by atoms with Gasteiger partial charge in [-0.1, -0.05) is 43.2 Å². The van der Waals surface area contributed by atoms with Gasteiger partial charge in [0, 0.05) is 56.9 Å². The van der Waals surface area contributed by atoms with Gasteiger partial charge in [-0.05, 0) is 37.0 Å². The van der Waals surface area contributed by atoms with Gasteiger partial charge < -0.3 is 10.2 Å². The second-order valence-electron chi connectivity index (χ2n) is 7.90. The largest absolute Gasteiger partial charge is 0.396 e. The first-order chi connectivity index (χ1) is 13.3. The minimum atomic E-state index is 0.118. The van der Waals surface area contributed by atoms with Crippen LogP contribution in [0, 0.1) is 11.8 Å². The lowest BCUT2D eigenvalue weighted by Gasteiger charge is -2.46. The molecule has 1 atom stereocenters. The summed E-state index contributed by atoms with van der Waals surface area (Å²) in [4.78, 5) is 5.23. The molecule has 2 fully saturated rings. The van der Waals surface area contributed by atoms with Crippen molar-refractivity contribution in [3.63, 3.8) is 0 Å². The Kier molecular flexibility index (Phi) is 8.16. The van der Waals surface area contributed by atoms with Crippen molar-refractivity contribution in [3.05, 3.63) is 35.4 Å². The molecule has 1 saturated heterocycles. The molecule has 0 unspecified atom stereocenters. The van der Waals surface area contributed by atoms with Crippen LogP contribution in [0.25, 0.3) is 0 Å². The van der Waals surface area contributed by atoms with E-state index in [2.05, 4.69) is 45.9 Å². The number of hydrogen-bond acceptors (Lipinski definition) is 4. The van der Waals surface area contributed by atoms with E-state index in [1.165, 1.54) is 37.7 Å². The Bertz CT molecular complexity index is 614. The average molecular weight is 371 g/mol. The van der Waals surface area contributed by atoms with Gasteiger partial charge in [0.2, 0.25) is 0 Å². The van der Waals surface area contributed by atoms with Gasteiger partial charge in [0.05, 0.1) is 6.61 Å². The molecule has 1 aromatic rings. The number of aliphatic hydroxyl groups is 2. The number of piperazine rings is 1. The van der Waals surface area contributed by atoms with E-state index in [0.29, 0.717) is 12.5 Å². The molecule has 0 amide bonds. The summed E-state index contributed by atoms with van der Waals surface area (Å²) in [6.07, 6.45) is 8.20. The third kappa shape index (κ3) is 6.05. The van der Waals surface area contributed by atoms with Gasteiger partial charge in [0.25, 0.3) is 0 Å². The Morgan fingerprint density at radius 3 is 2.44 bits per heavy atom. The number of nitrogens with zero attached hydrogens (tertiary/aromatic N) is 2. The van der Waals surface area contributed by atoms with Crippen LogP contribution in [0.5, 0.6) is 0 Å². The second-order valence-corrected chi connectivity index (χ2v) is 7.90. The number of benzene rings is 1. The molecule has 2 aliphatic rings. The number of hydrogen-bond donors (Lipinski definition) is 2. The smallest absolute Gasteiger partial charge is 0.0540 e. The van der Waals surface area contributed by atoms with Crippen molar-refractivity contribution in [1.82, 2.24) is 9.80 Å². The quantitative estimate of drug-likeness (QED) is 0.756. The van der Waals surface area contributed by atoms with Crippen molar-refractivity contribution in [2.24, 2.45) is 0 Å². The van der Waals surface area contributed by atoms with Crippen LogP contribution in [0.2, 0.25) is 0 Å². The highest BCUT2D eigenvalue weighted by Crippen LogP contribution is 2.27. The lowest BCUT2D eigenvalue weighted by molar-refractivity contribution is 0.0137. The van der Waals surface area contributed by atoms with E-state index in [0.717, 1.165) is 44.2 Å². The molecule has 4 nitrogen and oxygen atoms in total. The maximum atomic E-state index is 9.56. The van der Waals surface area contributed by atoms with E-state index in [9.17, 15) is 5.11 Å². The summed E-state index contributed by atoms with van der Waals surface area (Å²) >= 11 is 0. The molecule has 1 aliphatic heterocycles. The highest BCUT2D eigenvalue weighted by Gasteiger charge is 2.32. The first-order valence-corrected chi connectivity index (χ1v) is 10.6. The van der Waals surface area contributed by atoms with Crippen LogP contribution in [0.4, 0.5) is 0 Å². The fraction of sp³-hybridized carbons (Fsp3) is 0.652. The van der Waals surface area contributed by atoms with Gasteiger partial charge in [0.1, 0.15) is 0 Å². The first-order valence-electron chi connectivity index (χ1n) is 10.6. The summed E-state index contributed by atoms with van der Waals surface area (Å²) in [6, 6.07) is 9.69. The lowest BCUT2D eigenvalue weighted by atomic mass is 9.91. The molecule has 1 saturated carbocycles. The predicted octanol–water partition coefficient (Wildman–Crippen LogP) is 2.62. The number of rotatable bonds is 6. The van der Waals surface area contributed by atoms with E-state index in [4.69, 9.17) is 5.11 Å². The summed E-state index contributed by atoms with van der Waals surface area (Å²) < 4.78 is 0. The zero-order valence-corrected chi connectivity index (χ0v) is 16.4. The third-order valence-electron chi connectivity index (χ3n) is 5.95. The molecule has 1 heterocycles. The van der Waals surface area contributed by atoms with Crippen molar-refractivity contribution in [1.29, 1.82) is 0 Å². The zero-order valence-electron chi connectivity index (χ0n) is 16.4. The molecule has 4 heteroatoms. The SMILES string of the molecule is OCCC#Cc1ccc(CN2CCN(C3CCCCC3)[C@@H](CCO)C2)cc1. The maximum absolute atomic E-state index is 9.56. The average Bonchev–Trinajstić information content (AvgIpc) is 2.71. The minimum absolute atomic E-state index is 0.118. The number of aliphatic hydroxyl groups excluding tert-OH is 2. The van der Waals surface area contributed by atoms with Crippen LogP contribution in [0.15, 0.2) is 24.3 Å². The van der Waals surface area contributed by atoms with Gasteiger partial charge in [-0.15, -0.1) is 0 Å². The van der Waals surface area contributed by atoms with E-state index in [-0.39, 0.29) is 13.2 Å². The van der Waals surface area contributed by atoms with Crippen molar-refractivity contribution >= 4 is 0 Å². The van der Waals surface area contributed by atoms with Crippen LogP contribution in [-0.2, 0) is 6.54 Å². The van der Waals surface area contributed by atoms with Crippen molar-refractivity contribution < 1.29 is 10.2 Å². The normalized spacial score (nSPS) is 22.4. The summed E-state index contributed by atoms with van der Waals surface area (Å²) in [7, 11) is 0. The van der Waals surface area contributed by atoms with Crippen molar-refractivity contribution in [2.75, 3.05) is 32.8 Å². The predicted molar refractivity (Wildman–Crippen MR) is 109 cm³/mol. The zero-order chi connectivity index (χ0) is 18.9. The van der Waals surface area contributed by atoms with Gasteiger partial charge in [-0.3, -0.25) is 9.80 Å². The van der Waals surface area contributed by atoms with Crippen LogP contribution < -0.4 is 0 Å². The molecular weight excluding hydrogens is 336 g/mol. The van der Waals surface area contributed by atoms with Crippen LogP contribution in [0.3, 0.4) is 0 Å². The maximum Gasteiger partial charge on any atom is 0.0540 e. The van der Waals surface area contributed by atoms with Gasteiger partial charge in [-0.25, -0.2) is 0 Å². The van der Waals surface area contributed by atoms with E-state index >= 15 is 0 Å². The highest BCUT2D eigenvalue weighted by atomic mass is 16.3. The molecule has 0 bridgehead atoms. The Labute approximate surface area is 164 Å². The van der Waals surface area contributed by atoms with Gasteiger partial charge in [-0.2, -0.15) is 0 Å². The topological polar surface area (TPSA) is 46.9 Å². The molecular formula is C23H34N2O2. The molecule has 0 radical (unpaired) electrons. The lowest BCUT2D eigenvalue weighted by Crippen LogP contribution is -2.56. The summed E-state index contributed by atoms with van der Waals surface area (Å²) in [6.45, 7) is 4.65. The molecule has 0 spiro atoms. The third-order valence-corrected chi connectivity index (χ3v) is 5.95. The van der Waals surface area contributed by atoms with E-state index < -0.39 is 0 Å². The van der Waals surface area contributed by atoms with Crippen molar-refractivity contribution in [3.8, 4) is 11.8 Å². The first kappa shape index (κ1) is 20.4. The summed E-state index contributed by atoms with van der Waals surface area (Å²) in [5, 5.41) is 18.4. The fourth-order valence-electron chi connectivity index (χ4n) is 4.55. The fourth-order valence-corrected chi connectivity index (χ4v) is 4.55. The Morgan fingerprint density at radius 1 is 0.963 bits per heavy atom. The molecule has 1 aliphatic carbocycles. The van der Waals surface area contributed by atoms with Gasteiger partial charge in [0.15, 0.2) is 0 Å². The molecule has 0 aromatic heterocycles. The second kappa shape index (κ2) is 10.8. The highest BCUT2D eigenvalue weighted by molar-refractivity contribution is 5.36. The van der Waals surface area contributed by atoms with Crippen molar-refractivity contribution in [2.45, 2.75) is 63.6 Å². The minimum Gasteiger partial charge on any atom is -0.396 e. The molecule has 27 heavy (non-hydrogen) atoms. The molecule has 3 rings (SSSR count). The van der Waals surface area contributed by atoms with Crippen LogP contribution in [0.1, 0.15) is 56.1 Å². The summed E-state index contributed by atoms with van der Waals surface area (Å²) in [5.41, 5.74) is 2.32. The molecule has 2 N–H and O–H groups in total. The standard InChI is InChI=1S/C23H34N2O2/c26-16-5-4-6-20-9-11-21(12-10-20)18-24-14-15-25(23(19-24)13-17-27)22-7-2-1-3-8-22/h9-12,22-23,26-27H,1-3,5,7-8,13-19H2/t23-/m0/s1. The van der Waals surface area contributed by atoms with E-state index in [1.54, 1.807) is 0 Å². The van der Waals surface area contributed by atoms with Crippen LogP contribution >= 0.6 is 0 Å². The van der Waals surface area contributed by atoms with Crippen LogP contribution in [-0.4, -0.2) is 64.9 Å². The molecule has 1 aromatic carbocycles. The monoisotopic (exact) mass is 370 g/mol.